The standard InChI is InChI=1S/C18H21F3N2O6S/c1-30-9-4-2-8(3-5-9)6-10-15(18(19,20)21)22-23-16(10)29-17-14(27)13(26)12(25)11(7-24)28-17/h2-5,11-14,17,24-27H,6-7H2,1H3,(H,22,23)/t11-,12-,13+,14-,17+/m1/s1. The summed E-state index contributed by atoms with van der Waals surface area (Å²) < 4.78 is 50.9. The molecule has 2 heterocycles. The van der Waals surface area contributed by atoms with Gasteiger partial charge in [-0.2, -0.15) is 13.2 Å². The summed E-state index contributed by atoms with van der Waals surface area (Å²) in [5.41, 5.74) is -0.856. The SMILES string of the molecule is CSc1ccc(Cc2c(O[C@@H]3O[C@H](CO)[C@@H](O)[C@H](O)[C@H]3O)n[nH]c2C(F)(F)F)cc1. The van der Waals surface area contributed by atoms with E-state index in [-0.39, 0.29) is 12.0 Å². The first-order valence-corrected chi connectivity index (χ1v) is 10.1. The molecule has 0 bridgehead atoms. The van der Waals surface area contributed by atoms with Gasteiger partial charge in [-0.25, -0.2) is 0 Å². The molecule has 12 heteroatoms. The van der Waals surface area contributed by atoms with Gasteiger partial charge in [0.25, 0.3) is 0 Å². The molecule has 5 N–H and O–H groups in total. The summed E-state index contributed by atoms with van der Waals surface area (Å²) in [6.45, 7) is -0.701. The maximum absolute atomic E-state index is 13.5. The van der Waals surface area contributed by atoms with E-state index in [0.717, 1.165) is 4.90 Å². The highest BCUT2D eigenvalue weighted by atomic mass is 32.2. The first-order valence-electron chi connectivity index (χ1n) is 8.90. The lowest BCUT2D eigenvalue weighted by molar-refractivity contribution is -0.278. The molecular weight excluding hydrogens is 429 g/mol. The van der Waals surface area contributed by atoms with E-state index >= 15 is 0 Å². The van der Waals surface area contributed by atoms with Crippen LogP contribution in [0.2, 0.25) is 0 Å². The molecule has 1 aromatic heterocycles. The van der Waals surface area contributed by atoms with E-state index in [1.807, 2.05) is 11.4 Å². The van der Waals surface area contributed by atoms with Crippen molar-refractivity contribution in [2.75, 3.05) is 12.9 Å². The molecule has 8 nitrogen and oxygen atoms in total. The van der Waals surface area contributed by atoms with Crippen molar-refractivity contribution in [1.29, 1.82) is 0 Å². The van der Waals surface area contributed by atoms with Crippen molar-refractivity contribution < 1.29 is 43.1 Å². The summed E-state index contributed by atoms with van der Waals surface area (Å²) in [7, 11) is 0. The normalized spacial score (nSPS) is 27.3. The largest absolute Gasteiger partial charge is 0.443 e. The number of benzene rings is 1. The lowest BCUT2D eigenvalue weighted by Crippen LogP contribution is -2.60. The van der Waals surface area contributed by atoms with Gasteiger partial charge in [-0.05, 0) is 24.0 Å². The molecule has 1 fully saturated rings. The second kappa shape index (κ2) is 9.12. The number of alkyl halides is 3. The van der Waals surface area contributed by atoms with Crippen LogP contribution in [0.5, 0.6) is 5.88 Å². The topological polar surface area (TPSA) is 128 Å². The fourth-order valence-electron chi connectivity index (χ4n) is 3.07. The summed E-state index contributed by atoms with van der Waals surface area (Å²) in [4.78, 5) is 0.944. The highest BCUT2D eigenvalue weighted by Crippen LogP contribution is 2.36. The molecule has 166 valence electrons. The smallest absolute Gasteiger partial charge is 0.433 e. The van der Waals surface area contributed by atoms with Gasteiger partial charge < -0.3 is 29.9 Å². The number of aromatic amines is 1. The second-order valence-corrected chi connectivity index (χ2v) is 7.60. The fourth-order valence-corrected chi connectivity index (χ4v) is 3.48. The number of rotatable bonds is 6. The van der Waals surface area contributed by atoms with Gasteiger partial charge in [-0.3, -0.25) is 5.10 Å². The highest BCUT2D eigenvalue weighted by Gasteiger charge is 2.46. The van der Waals surface area contributed by atoms with Crippen LogP contribution in [0.15, 0.2) is 29.2 Å². The lowest BCUT2D eigenvalue weighted by Gasteiger charge is -2.39. The van der Waals surface area contributed by atoms with Crippen LogP contribution in [0.4, 0.5) is 13.2 Å². The van der Waals surface area contributed by atoms with Gasteiger partial charge in [0.05, 0.1) is 12.2 Å². The van der Waals surface area contributed by atoms with E-state index in [2.05, 4.69) is 5.10 Å². The Morgan fingerprint density at radius 1 is 1.13 bits per heavy atom. The number of aliphatic hydroxyl groups excluding tert-OH is 4. The van der Waals surface area contributed by atoms with Gasteiger partial charge in [0.1, 0.15) is 30.1 Å². The number of halogens is 3. The number of thioether (sulfide) groups is 1. The molecule has 0 amide bonds. The molecule has 0 unspecified atom stereocenters. The number of hydrogen-bond acceptors (Lipinski definition) is 8. The Bertz CT molecular complexity index is 845. The van der Waals surface area contributed by atoms with Crippen LogP contribution in [-0.2, 0) is 17.3 Å². The summed E-state index contributed by atoms with van der Waals surface area (Å²) in [6, 6.07) is 6.89. The average Bonchev–Trinajstić information content (AvgIpc) is 3.11. The van der Waals surface area contributed by atoms with Gasteiger partial charge in [0.15, 0.2) is 0 Å². The van der Waals surface area contributed by atoms with Crippen molar-refractivity contribution in [3.8, 4) is 5.88 Å². The fraction of sp³-hybridized carbons (Fsp3) is 0.500. The molecule has 0 saturated carbocycles. The number of aliphatic hydroxyl groups is 4. The zero-order valence-corrected chi connectivity index (χ0v) is 16.5. The molecular formula is C18H21F3N2O6S. The Morgan fingerprint density at radius 2 is 1.80 bits per heavy atom. The Labute approximate surface area is 173 Å². The number of nitrogens with one attached hydrogen (secondary N) is 1. The first-order chi connectivity index (χ1) is 14.2. The molecule has 5 atom stereocenters. The number of hydrogen-bond donors (Lipinski definition) is 5. The van der Waals surface area contributed by atoms with Gasteiger partial charge in [0.2, 0.25) is 12.2 Å². The van der Waals surface area contributed by atoms with Gasteiger partial charge in [-0.1, -0.05) is 12.1 Å². The van der Waals surface area contributed by atoms with Crippen LogP contribution in [0, 0.1) is 0 Å². The molecule has 1 aliphatic rings. The molecule has 0 aliphatic carbocycles. The number of ether oxygens (including phenoxy) is 2. The molecule has 2 aromatic rings. The van der Waals surface area contributed by atoms with Gasteiger partial charge >= 0.3 is 6.18 Å². The predicted octanol–water partition coefficient (Wildman–Crippen LogP) is 0.920. The third-order valence-electron chi connectivity index (χ3n) is 4.73. The van der Waals surface area contributed by atoms with Crippen molar-refractivity contribution in [2.45, 2.75) is 48.2 Å². The molecule has 0 radical (unpaired) electrons. The second-order valence-electron chi connectivity index (χ2n) is 6.72. The highest BCUT2D eigenvalue weighted by molar-refractivity contribution is 7.98. The summed E-state index contributed by atoms with van der Waals surface area (Å²) in [5, 5.41) is 44.5. The average molecular weight is 450 g/mol. The van der Waals surface area contributed by atoms with E-state index < -0.39 is 55.1 Å². The Balaban J connectivity index is 1.89. The zero-order valence-electron chi connectivity index (χ0n) is 15.7. The Hall–Kier alpha value is -1.83. The van der Waals surface area contributed by atoms with Gasteiger partial charge in [-0.15, -0.1) is 16.9 Å². The van der Waals surface area contributed by atoms with E-state index in [9.17, 15) is 33.6 Å². The van der Waals surface area contributed by atoms with E-state index in [0.29, 0.717) is 5.56 Å². The van der Waals surface area contributed by atoms with Crippen LogP contribution in [-0.4, -0.2) is 74.2 Å². The van der Waals surface area contributed by atoms with Crippen LogP contribution in [0.1, 0.15) is 16.8 Å². The summed E-state index contributed by atoms with van der Waals surface area (Å²) in [5.74, 6) is -0.472. The van der Waals surface area contributed by atoms with Crippen molar-refractivity contribution >= 4 is 11.8 Å². The van der Waals surface area contributed by atoms with Crippen LogP contribution in [0.25, 0.3) is 0 Å². The van der Waals surface area contributed by atoms with E-state index in [4.69, 9.17) is 9.47 Å². The first kappa shape index (κ1) is 22.8. The molecule has 1 aromatic carbocycles. The van der Waals surface area contributed by atoms with Crippen LogP contribution in [0.3, 0.4) is 0 Å². The monoisotopic (exact) mass is 450 g/mol. The van der Waals surface area contributed by atoms with E-state index in [1.54, 1.807) is 24.3 Å². The quantitative estimate of drug-likeness (QED) is 0.411. The number of nitrogens with zero attached hydrogens (tertiary/aromatic N) is 1. The Morgan fingerprint density at radius 3 is 2.37 bits per heavy atom. The summed E-state index contributed by atoms with van der Waals surface area (Å²) >= 11 is 1.49. The molecule has 1 saturated heterocycles. The van der Waals surface area contributed by atoms with E-state index in [1.165, 1.54) is 11.8 Å². The molecule has 30 heavy (non-hydrogen) atoms. The van der Waals surface area contributed by atoms with Gasteiger partial charge in [0, 0.05) is 11.3 Å². The van der Waals surface area contributed by atoms with Crippen molar-refractivity contribution in [3.05, 3.63) is 41.1 Å². The van der Waals surface area contributed by atoms with Crippen LogP contribution < -0.4 is 4.74 Å². The number of aromatic nitrogens is 2. The molecule has 0 spiro atoms. The minimum atomic E-state index is -4.74. The minimum Gasteiger partial charge on any atom is -0.443 e. The van der Waals surface area contributed by atoms with Crippen molar-refractivity contribution in [3.63, 3.8) is 0 Å². The molecule has 1 aliphatic heterocycles. The van der Waals surface area contributed by atoms with Crippen LogP contribution >= 0.6 is 11.8 Å². The zero-order chi connectivity index (χ0) is 22.1. The molecule has 3 rings (SSSR count). The maximum atomic E-state index is 13.5. The van der Waals surface area contributed by atoms with Crippen molar-refractivity contribution in [1.82, 2.24) is 10.2 Å². The Kier molecular flexibility index (Phi) is 6.95. The predicted molar refractivity (Wildman–Crippen MR) is 99.0 cm³/mol. The minimum absolute atomic E-state index is 0.174. The lowest BCUT2D eigenvalue weighted by atomic mass is 9.99. The van der Waals surface area contributed by atoms with Crippen molar-refractivity contribution in [2.24, 2.45) is 0 Å². The number of H-pyrrole nitrogens is 1. The maximum Gasteiger partial charge on any atom is 0.433 e. The third kappa shape index (κ3) is 4.74. The third-order valence-corrected chi connectivity index (χ3v) is 5.47. The summed E-state index contributed by atoms with van der Waals surface area (Å²) in [6.07, 6.45) is -11.1.